The van der Waals surface area contributed by atoms with Crippen LogP contribution < -0.4 is 10.6 Å². The van der Waals surface area contributed by atoms with Crippen molar-refractivity contribution in [2.75, 3.05) is 10.6 Å². The second kappa shape index (κ2) is 7.43. The Morgan fingerprint density at radius 3 is 2.50 bits per heavy atom. The van der Waals surface area contributed by atoms with E-state index in [0.717, 1.165) is 17.1 Å². The van der Waals surface area contributed by atoms with E-state index in [0.29, 0.717) is 11.7 Å². The van der Waals surface area contributed by atoms with Crippen molar-refractivity contribution in [3.63, 3.8) is 0 Å². The summed E-state index contributed by atoms with van der Waals surface area (Å²) in [6, 6.07) is 6.32. The minimum Gasteiger partial charge on any atom is -0.366 e. The minimum absolute atomic E-state index is 0.241. The maximum Gasteiger partial charge on any atom is 0.275 e. The zero-order chi connectivity index (χ0) is 16.9. The van der Waals surface area contributed by atoms with E-state index < -0.39 is 0 Å². The Labute approximate surface area is 142 Å². The molecular weight excluding hydrogens is 300 g/mol. The van der Waals surface area contributed by atoms with Crippen molar-refractivity contribution in [1.82, 2.24) is 9.97 Å². The SMILES string of the molecule is Cc1ccc(NC(=O)c2cnc(NC3CCCCC3)cn2)cc1C. The van der Waals surface area contributed by atoms with Crippen LogP contribution in [-0.2, 0) is 0 Å². The number of hydrogen-bond acceptors (Lipinski definition) is 4. The average Bonchev–Trinajstić information content (AvgIpc) is 2.60. The molecule has 1 fully saturated rings. The predicted octanol–water partition coefficient (Wildman–Crippen LogP) is 4.09. The van der Waals surface area contributed by atoms with Crippen LogP contribution in [0.2, 0.25) is 0 Å². The van der Waals surface area contributed by atoms with Crippen LogP contribution in [0.1, 0.15) is 53.7 Å². The van der Waals surface area contributed by atoms with Crippen LogP contribution in [0.25, 0.3) is 0 Å². The minimum atomic E-state index is -0.241. The standard InChI is InChI=1S/C19H24N4O/c1-13-8-9-16(10-14(13)2)23-19(24)17-11-21-18(12-20-17)22-15-6-4-3-5-7-15/h8-12,15H,3-7H2,1-2H3,(H,21,22)(H,23,24). The van der Waals surface area contributed by atoms with Crippen molar-refractivity contribution in [3.8, 4) is 0 Å². The van der Waals surface area contributed by atoms with E-state index in [1.54, 1.807) is 6.20 Å². The van der Waals surface area contributed by atoms with E-state index in [2.05, 4.69) is 20.6 Å². The van der Waals surface area contributed by atoms with E-state index in [4.69, 9.17) is 0 Å². The van der Waals surface area contributed by atoms with E-state index in [1.807, 2.05) is 32.0 Å². The van der Waals surface area contributed by atoms with Crippen molar-refractivity contribution >= 4 is 17.4 Å². The number of amides is 1. The van der Waals surface area contributed by atoms with Crippen molar-refractivity contribution in [1.29, 1.82) is 0 Å². The Morgan fingerprint density at radius 1 is 1.04 bits per heavy atom. The molecule has 0 spiro atoms. The molecule has 1 aromatic carbocycles. The average molecular weight is 324 g/mol. The van der Waals surface area contributed by atoms with Crippen LogP contribution in [0.5, 0.6) is 0 Å². The smallest absolute Gasteiger partial charge is 0.275 e. The Bertz CT molecular complexity index is 706. The number of anilines is 2. The van der Waals surface area contributed by atoms with Gasteiger partial charge in [0.25, 0.3) is 5.91 Å². The summed E-state index contributed by atoms with van der Waals surface area (Å²) in [5, 5.41) is 6.27. The summed E-state index contributed by atoms with van der Waals surface area (Å²) in [5.41, 5.74) is 3.44. The van der Waals surface area contributed by atoms with Gasteiger partial charge in [0, 0.05) is 11.7 Å². The molecule has 0 aliphatic heterocycles. The van der Waals surface area contributed by atoms with Gasteiger partial charge in [-0.15, -0.1) is 0 Å². The lowest BCUT2D eigenvalue weighted by molar-refractivity contribution is 0.102. The highest BCUT2D eigenvalue weighted by Gasteiger charge is 2.14. The quantitative estimate of drug-likeness (QED) is 0.889. The highest BCUT2D eigenvalue weighted by Crippen LogP contribution is 2.20. The first-order chi connectivity index (χ1) is 11.6. The highest BCUT2D eigenvalue weighted by atomic mass is 16.1. The number of aryl methyl sites for hydroxylation is 2. The summed E-state index contributed by atoms with van der Waals surface area (Å²) in [4.78, 5) is 20.9. The summed E-state index contributed by atoms with van der Waals surface area (Å²) in [5.74, 6) is 0.500. The van der Waals surface area contributed by atoms with Gasteiger partial charge in [0.2, 0.25) is 0 Å². The molecule has 0 atom stereocenters. The van der Waals surface area contributed by atoms with E-state index in [1.165, 1.54) is 43.9 Å². The van der Waals surface area contributed by atoms with Gasteiger partial charge >= 0.3 is 0 Å². The molecule has 0 unspecified atom stereocenters. The normalized spacial score (nSPS) is 15.1. The molecule has 0 saturated heterocycles. The van der Waals surface area contributed by atoms with Gasteiger partial charge in [0.1, 0.15) is 11.5 Å². The molecule has 1 heterocycles. The molecule has 2 N–H and O–H groups in total. The van der Waals surface area contributed by atoms with Gasteiger partial charge in [-0.05, 0) is 49.9 Å². The first-order valence-electron chi connectivity index (χ1n) is 8.59. The van der Waals surface area contributed by atoms with Crippen molar-refractivity contribution in [2.24, 2.45) is 0 Å². The number of benzene rings is 1. The zero-order valence-electron chi connectivity index (χ0n) is 14.3. The Hall–Kier alpha value is -2.43. The van der Waals surface area contributed by atoms with Gasteiger partial charge in [-0.3, -0.25) is 4.79 Å². The molecule has 0 bridgehead atoms. The molecule has 2 aromatic rings. The third-order valence-corrected chi connectivity index (χ3v) is 4.61. The number of nitrogens with zero attached hydrogens (tertiary/aromatic N) is 2. The third-order valence-electron chi connectivity index (χ3n) is 4.61. The number of rotatable bonds is 4. The van der Waals surface area contributed by atoms with Gasteiger partial charge in [0.05, 0.1) is 12.4 Å². The second-order valence-corrected chi connectivity index (χ2v) is 6.52. The lowest BCUT2D eigenvalue weighted by Crippen LogP contribution is -2.23. The van der Waals surface area contributed by atoms with Crippen LogP contribution in [0, 0.1) is 13.8 Å². The fourth-order valence-electron chi connectivity index (χ4n) is 2.99. The van der Waals surface area contributed by atoms with Crippen molar-refractivity contribution < 1.29 is 4.79 Å². The van der Waals surface area contributed by atoms with Gasteiger partial charge in [-0.25, -0.2) is 9.97 Å². The fourth-order valence-corrected chi connectivity index (χ4v) is 2.99. The van der Waals surface area contributed by atoms with E-state index in [9.17, 15) is 4.79 Å². The Balaban J connectivity index is 1.61. The molecule has 5 nitrogen and oxygen atoms in total. The lowest BCUT2D eigenvalue weighted by Gasteiger charge is -2.23. The van der Waals surface area contributed by atoms with Crippen LogP contribution in [0.3, 0.4) is 0 Å². The molecule has 24 heavy (non-hydrogen) atoms. The predicted molar refractivity (Wildman–Crippen MR) is 96.4 cm³/mol. The summed E-state index contributed by atoms with van der Waals surface area (Å²) >= 11 is 0. The summed E-state index contributed by atoms with van der Waals surface area (Å²) in [6.07, 6.45) is 9.38. The van der Waals surface area contributed by atoms with E-state index >= 15 is 0 Å². The molecule has 1 saturated carbocycles. The number of hydrogen-bond donors (Lipinski definition) is 2. The van der Waals surface area contributed by atoms with Gasteiger partial charge in [-0.2, -0.15) is 0 Å². The molecule has 1 aliphatic rings. The van der Waals surface area contributed by atoms with Crippen molar-refractivity contribution in [2.45, 2.75) is 52.0 Å². The van der Waals surface area contributed by atoms with Crippen molar-refractivity contribution in [3.05, 3.63) is 47.4 Å². The molecule has 126 valence electrons. The van der Waals surface area contributed by atoms with Gasteiger partial charge in [-0.1, -0.05) is 25.3 Å². The summed E-state index contributed by atoms with van der Waals surface area (Å²) in [7, 11) is 0. The summed E-state index contributed by atoms with van der Waals surface area (Å²) < 4.78 is 0. The topological polar surface area (TPSA) is 66.9 Å². The molecule has 3 rings (SSSR count). The maximum absolute atomic E-state index is 12.3. The first kappa shape index (κ1) is 16.4. The molecular formula is C19H24N4O. The molecule has 1 aliphatic carbocycles. The van der Waals surface area contributed by atoms with Crippen LogP contribution in [0.15, 0.2) is 30.6 Å². The van der Waals surface area contributed by atoms with Crippen LogP contribution in [-0.4, -0.2) is 21.9 Å². The number of aromatic nitrogens is 2. The number of carbonyl (C=O) groups excluding carboxylic acids is 1. The number of nitrogens with one attached hydrogen (secondary N) is 2. The van der Waals surface area contributed by atoms with Crippen LogP contribution >= 0.6 is 0 Å². The largest absolute Gasteiger partial charge is 0.366 e. The highest BCUT2D eigenvalue weighted by molar-refractivity contribution is 6.02. The van der Waals surface area contributed by atoms with Gasteiger partial charge in [0.15, 0.2) is 0 Å². The zero-order valence-corrected chi connectivity index (χ0v) is 14.3. The Kier molecular flexibility index (Phi) is 5.08. The lowest BCUT2D eigenvalue weighted by atomic mass is 9.96. The Morgan fingerprint density at radius 2 is 1.83 bits per heavy atom. The molecule has 0 radical (unpaired) electrons. The molecule has 1 amide bonds. The van der Waals surface area contributed by atoms with E-state index in [-0.39, 0.29) is 5.91 Å². The monoisotopic (exact) mass is 324 g/mol. The second-order valence-electron chi connectivity index (χ2n) is 6.52. The van der Waals surface area contributed by atoms with Crippen LogP contribution in [0.4, 0.5) is 11.5 Å². The molecule has 5 heteroatoms. The number of carbonyl (C=O) groups is 1. The third kappa shape index (κ3) is 4.10. The molecule has 1 aromatic heterocycles. The maximum atomic E-state index is 12.3. The summed E-state index contributed by atoms with van der Waals surface area (Å²) in [6.45, 7) is 4.07. The van der Waals surface area contributed by atoms with Gasteiger partial charge < -0.3 is 10.6 Å². The first-order valence-corrected chi connectivity index (χ1v) is 8.59. The fraction of sp³-hybridized carbons (Fsp3) is 0.421.